The second kappa shape index (κ2) is 3.13. The lowest BCUT2D eigenvalue weighted by Gasteiger charge is -2.27. The van der Waals surface area contributed by atoms with Crippen molar-refractivity contribution in [1.29, 1.82) is 0 Å². The number of aryl methyl sites for hydroxylation is 2. The molecule has 0 bridgehead atoms. The van der Waals surface area contributed by atoms with Crippen molar-refractivity contribution in [3.05, 3.63) is 34.9 Å². The van der Waals surface area contributed by atoms with Crippen LogP contribution in [0.15, 0.2) is 18.2 Å². The van der Waals surface area contributed by atoms with Gasteiger partial charge in [-0.1, -0.05) is 23.8 Å². The minimum Gasteiger partial charge on any atom is -0.387 e. The van der Waals surface area contributed by atoms with Crippen molar-refractivity contribution >= 4 is 0 Å². The van der Waals surface area contributed by atoms with Gasteiger partial charge >= 0.3 is 0 Å². The van der Waals surface area contributed by atoms with Crippen LogP contribution in [0.2, 0.25) is 0 Å². The minimum atomic E-state index is -0.468. The fourth-order valence-corrected chi connectivity index (χ4v) is 1.95. The van der Waals surface area contributed by atoms with Crippen LogP contribution in [0, 0.1) is 6.92 Å². The molecule has 0 radical (unpaired) electrons. The number of aliphatic hydroxyl groups excluding tert-OH is 1. The quantitative estimate of drug-likeness (QED) is 0.627. The van der Waals surface area contributed by atoms with Crippen LogP contribution in [-0.4, -0.2) is 11.1 Å². The fraction of sp³-hybridized carbons (Fsp3) is 0.455. The third-order valence-electron chi connectivity index (χ3n) is 2.77. The molecule has 1 aromatic carbocycles. The van der Waals surface area contributed by atoms with Crippen LogP contribution in [0.3, 0.4) is 0 Å². The van der Waals surface area contributed by atoms with Crippen molar-refractivity contribution in [1.82, 2.24) is 0 Å². The van der Waals surface area contributed by atoms with Crippen molar-refractivity contribution in [2.24, 2.45) is 5.73 Å². The van der Waals surface area contributed by atoms with Crippen LogP contribution in [0.1, 0.15) is 29.2 Å². The molecule has 0 aromatic heterocycles. The molecule has 2 unspecified atom stereocenters. The van der Waals surface area contributed by atoms with E-state index in [1.807, 2.05) is 12.1 Å². The molecule has 1 aromatic rings. The Kier molecular flexibility index (Phi) is 2.10. The van der Waals surface area contributed by atoms with Gasteiger partial charge in [0.25, 0.3) is 0 Å². The Hall–Kier alpha value is -0.860. The Morgan fingerprint density at radius 2 is 2.23 bits per heavy atom. The number of fused-ring (bicyclic) bond motifs is 1. The lowest BCUT2D eigenvalue weighted by Crippen LogP contribution is -2.32. The number of hydrogen-bond acceptors (Lipinski definition) is 2. The second-order valence-electron chi connectivity index (χ2n) is 3.85. The molecule has 13 heavy (non-hydrogen) atoms. The maximum absolute atomic E-state index is 9.80. The highest BCUT2D eigenvalue weighted by atomic mass is 16.3. The molecule has 1 aliphatic rings. The summed E-state index contributed by atoms with van der Waals surface area (Å²) in [6, 6.07) is 6.08. The predicted octanol–water partition coefficient (Wildman–Crippen LogP) is 1.30. The largest absolute Gasteiger partial charge is 0.387 e. The standard InChI is InChI=1S/C11H15NO/c1-7-2-4-9-8(6-7)3-5-10(12)11(9)13/h2,4,6,10-11,13H,3,5,12H2,1H3. The lowest BCUT2D eigenvalue weighted by atomic mass is 9.85. The molecular weight excluding hydrogens is 162 g/mol. The van der Waals surface area contributed by atoms with E-state index in [2.05, 4.69) is 13.0 Å². The topological polar surface area (TPSA) is 46.2 Å². The summed E-state index contributed by atoms with van der Waals surface area (Å²) in [5, 5.41) is 9.80. The van der Waals surface area contributed by atoms with Gasteiger partial charge in [0.15, 0.2) is 0 Å². The van der Waals surface area contributed by atoms with E-state index in [4.69, 9.17) is 5.73 Å². The van der Waals surface area contributed by atoms with Gasteiger partial charge in [-0.15, -0.1) is 0 Å². The van der Waals surface area contributed by atoms with Gasteiger partial charge in [0.2, 0.25) is 0 Å². The van der Waals surface area contributed by atoms with Crippen molar-refractivity contribution in [3.63, 3.8) is 0 Å². The van der Waals surface area contributed by atoms with E-state index in [0.29, 0.717) is 0 Å². The Labute approximate surface area is 78.4 Å². The molecule has 0 spiro atoms. The van der Waals surface area contributed by atoms with Crippen molar-refractivity contribution in [3.8, 4) is 0 Å². The third-order valence-corrected chi connectivity index (χ3v) is 2.77. The molecule has 70 valence electrons. The normalized spacial score (nSPS) is 27.0. The van der Waals surface area contributed by atoms with E-state index in [0.717, 1.165) is 18.4 Å². The summed E-state index contributed by atoms with van der Waals surface area (Å²) in [5.41, 5.74) is 9.31. The van der Waals surface area contributed by atoms with Gasteiger partial charge in [-0.3, -0.25) is 0 Å². The van der Waals surface area contributed by atoms with Gasteiger partial charge in [-0.25, -0.2) is 0 Å². The summed E-state index contributed by atoms with van der Waals surface area (Å²) in [4.78, 5) is 0. The lowest BCUT2D eigenvalue weighted by molar-refractivity contribution is 0.134. The summed E-state index contributed by atoms with van der Waals surface area (Å²) in [6.07, 6.45) is 1.41. The first-order chi connectivity index (χ1) is 6.18. The van der Waals surface area contributed by atoms with E-state index >= 15 is 0 Å². The van der Waals surface area contributed by atoms with Crippen LogP contribution in [0.5, 0.6) is 0 Å². The zero-order valence-corrected chi connectivity index (χ0v) is 7.83. The molecule has 2 heteroatoms. The molecule has 0 amide bonds. The maximum atomic E-state index is 9.80. The zero-order chi connectivity index (χ0) is 9.42. The second-order valence-corrected chi connectivity index (χ2v) is 3.85. The SMILES string of the molecule is Cc1ccc2c(c1)CCC(N)C2O. The van der Waals surface area contributed by atoms with Crippen LogP contribution in [0.25, 0.3) is 0 Å². The van der Waals surface area contributed by atoms with E-state index in [1.165, 1.54) is 11.1 Å². The Balaban J connectivity index is 2.44. The van der Waals surface area contributed by atoms with Crippen molar-refractivity contribution < 1.29 is 5.11 Å². The average Bonchev–Trinajstić information content (AvgIpc) is 2.12. The number of benzene rings is 1. The Morgan fingerprint density at radius 1 is 1.46 bits per heavy atom. The summed E-state index contributed by atoms with van der Waals surface area (Å²) in [6.45, 7) is 2.07. The molecule has 3 N–H and O–H groups in total. The Morgan fingerprint density at radius 3 is 3.00 bits per heavy atom. The van der Waals surface area contributed by atoms with Crippen LogP contribution < -0.4 is 5.73 Å². The number of rotatable bonds is 0. The molecule has 0 aliphatic heterocycles. The van der Waals surface area contributed by atoms with Gasteiger partial charge in [0, 0.05) is 6.04 Å². The number of nitrogens with two attached hydrogens (primary N) is 1. The first-order valence-corrected chi connectivity index (χ1v) is 4.71. The van der Waals surface area contributed by atoms with E-state index < -0.39 is 6.10 Å². The van der Waals surface area contributed by atoms with Gasteiger partial charge in [-0.05, 0) is 30.9 Å². The van der Waals surface area contributed by atoms with E-state index in [1.54, 1.807) is 0 Å². The minimum absolute atomic E-state index is 0.0878. The molecule has 2 rings (SSSR count). The first kappa shape index (κ1) is 8.73. The van der Waals surface area contributed by atoms with Crippen molar-refractivity contribution in [2.75, 3.05) is 0 Å². The zero-order valence-electron chi connectivity index (χ0n) is 7.83. The summed E-state index contributed by atoms with van der Waals surface area (Å²) < 4.78 is 0. The third kappa shape index (κ3) is 1.47. The monoisotopic (exact) mass is 177 g/mol. The first-order valence-electron chi connectivity index (χ1n) is 4.71. The fourth-order valence-electron chi connectivity index (χ4n) is 1.95. The van der Waals surface area contributed by atoms with Gasteiger partial charge in [0.05, 0.1) is 6.10 Å². The molecule has 0 saturated heterocycles. The summed E-state index contributed by atoms with van der Waals surface area (Å²) in [7, 11) is 0. The highest BCUT2D eigenvalue weighted by Gasteiger charge is 2.24. The van der Waals surface area contributed by atoms with Gasteiger partial charge in [0.1, 0.15) is 0 Å². The van der Waals surface area contributed by atoms with E-state index in [9.17, 15) is 5.11 Å². The smallest absolute Gasteiger partial charge is 0.0943 e. The summed E-state index contributed by atoms with van der Waals surface area (Å²) >= 11 is 0. The van der Waals surface area contributed by atoms with E-state index in [-0.39, 0.29) is 6.04 Å². The predicted molar refractivity (Wildman–Crippen MR) is 52.4 cm³/mol. The molecule has 0 fully saturated rings. The van der Waals surface area contributed by atoms with Crippen molar-refractivity contribution in [2.45, 2.75) is 31.9 Å². The maximum Gasteiger partial charge on any atom is 0.0943 e. The molecule has 0 saturated carbocycles. The molecular formula is C11H15NO. The summed E-state index contributed by atoms with van der Waals surface area (Å²) in [5.74, 6) is 0. The molecule has 0 heterocycles. The number of hydrogen-bond donors (Lipinski definition) is 2. The van der Waals surface area contributed by atoms with Gasteiger partial charge < -0.3 is 10.8 Å². The van der Waals surface area contributed by atoms with Gasteiger partial charge in [-0.2, -0.15) is 0 Å². The van der Waals surface area contributed by atoms with Crippen LogP contribution in [0.4, 0.5) is 0 Å². The molecule has 2 nitrogen and oxygen atoms in total. The average molecular weight is 177 g/mol. The highest BCUT2D eigenvalue weighted by molar-refractivity contribution is 5.35. The van der Waals surface area contributed by atoms with Crippen LogP contribution in [-0.2, 0) is 6.42 Å². The number of aliphatic hydroxyl groups is 1. The Bertz CT molecular complexity index is 322. The molecule has 2 atom stereocenters. The molecule has 1 aliphatic carbocycles. The van der Waals surface area contributed by atoms with Crippen LogP contribution >= 0.6 is 0 Å². The highest BCUT2D eigenvalue weighted by Crippen LogP contribution is 2.29.